The number of ether oxygens (including phenoxy) is 1. The third-order valence-electron chi connectivity index (χ3n) is 6.17. The van der Waals surface area contributed by atoms with Crippen LogP contribution in [0.5, 0.6) is 11.5 Å². The summed E-state index contributed by atoms with van der Waals surface area (Å²) in [6, 6.07) is 10.3. The van der Waals surface area contributed by atoms with Gasteiger partial charge in [0.15, 0.2) is 9.84 Å². The van der Waals surface area contributed by atoms with Crippen molar-refractivity contribution in [1.82, 2.24) is 15.6 Å². The van der Waals surface area contributed by atoms with E-state index in [9.17, 15) is 28.5 Å². The van der Waals surface area contributed by atoms with Gasteiger partial charge in [0.05, 0.1) is 27.7 Å². The molecular formula is C27H35N3O7S2. The summed E-state index contributed by atoms with van der Waals surface area (Å²) in [4.78, 5) is 15.9. The zero-order chi connectivity index (χ0) is 28.7. The molecule has 10 nitrogen and oxygen atoms in total. The van der Waals surface area contributed by atoms with Crippen LogP contribution < -0.4 is 15.4 Å². The van der Waals surface area contributed by atoms with E-state index in [2.05, 4.69) is 15.6 Å². The van der Waals surface area contributed by atoms with Crippen LogP contribution in [0.15, 0.2) is 52.7 Å². The molecule has 212 valence electrons. The number of aromatic hydroxyl groups is 1. The predicted octanol–water partition coefficient (Wildman–Crippen LogP) is 3.63. The van der Waals surface area contributed by atoms with Crippen LogP contribution in [-0.2, 0) is 22.9 Å². The number of aliphatic hydroxyl groups is 1. The highest BCUT2D eigenvalue weighted by atomic mass is 32.2. The predicted molar refractivity (Wildman–Crippen MR) is 149 cm³/mol. The largest absolute Gasteiger partial charge is 0.508 e. The molecule has 0 bridgehead atoms. The van der Waals surface area contributed by atoms with Crippen molar-refractivity contribution in [3.05, 3.63) is 69.7 Å². The highest BCUT2D eigenvalue weighted by Crippen LogP contribution is 2.25. The van der Waals surface area contributed by atoms with E-state index in [0.717, 1.165) is 16.3 Å². The van der Waals surface area contributed by atoms with Gasteiger partial charge in [-0.1, -0.05) is 26.0 Å². The van der Waals surface area contributed by atoms with E-state index in [4.69, 9.17) is 4.74 Å². The smallest absolute Gasteiger partial charge is 0.404 e. The first-order chi connectivity index (χ1) is 18.4. The molecule has 1 heterocycles. The molecule has 1 aromatic heterocycles. The summed E-state index contributed by atoms with van der Waals surface area (Å²) in [5, 5.41) is 37.1. The normalized spacial score (nSPS) is 14.1. The Hall–Kier alpha value is -3.19. The zero-order valence-corrected chi connectivity index (χ0v) is 23.9. The molecule has 0 aliphatic carbocycles. The van der Waals surface area contributed by atoms with Crippen molar-refractivity contribution in [1.29, 1.82) is 0 Å². The van der Waals surface area contributed by atoms with Gasteiger partial charge in [-0.15, -0.1) is 11.3 Å². The zero-order valence-electron chi connectivity index (χ0n) is 22.3. The maximum absolute atomic E-state index is 13.3. The van der Waals surface area contributed by atoms with Gasteiger partial charge in [0, 0.05) is 11.9 Å². The summed E-state index contributed by atoms with van der Waals surface area (Å²) in [5.41, 5.74) is 2.03. The number of nitrogens with zero attached hydrogens (tertiary/aromatic N) is 1. The summed E-state index contributed by atoms with van der Waals surface area (Å²) in [6.07, 6.45) is -2.34. The number of aryl methyl sites for hydroxylation is 2. The van der Waals surface area contributed by atoms with Crippen LogP contribution in [0.25, 0.3) is 0 Å². The van der Waals surface area contributed by atoms with Crippen molar-refractivity contribution in [2.45, 2.75) is 63.1 Å². The second-order valence-electron chi connectivity index (χ2n) is 9.68. The Morgan fingerprint density at radius 1 is 1.13 bits per heavy atom. The highest BCUT2D eigenvalue weighted by molar-refractivity contribution is 7.92. The fourth-order valence-corrected chi connectivity index (χ4v) is 6.61. The molecule has 5 N–H and O–H groups in total. The van der Waals surface area contributed by atoms with Gasteiger partial charge in [0.2, 0.25) is 0 Å². The minimum atomic E-state index is -3.86. The van der Waals surface area contributed by atoms with Crippen LogP contribution in [0.4, 0.5) is 4.79 Å². The molecule has 12 heteroatoms. The molecule has 0 saturated heterocycles. The first kappa shape index (κ1) is 30.4. The van der Waals surface area contributed by atoms with Gasteiger partial charge in [0.1, 0.15) is 23.5 Å². The van der Waals surface area contributed by atoms with Crippen molar-refractivity contribution in [3.63, 3.8) is 0 Å². The molecular weight excluding hydrogens is 542 g/mol. The molecule has 0 aliphatic heterocycles. The molecule has 0 fully saturated rings. The minimum absolute atomic E-state index is 0.00448. The van der Waals surface area contributed by atoms with Gasteiger partial charge >= 0.3 is 6.09 Å². The molecule has 0 saturated carbocycles. The number of carbonyl (C=O) groups is 1. The monoisotopic (exact) mass is 577 g/mol. The maximum atomic E-state index is 13.3. The van der Waals surface area contributed by atoms with Gasteiger partial charge in [-0.05, 0) is 67.6 Å². The number of amides is 1. The summed E-state index contributed by atoms with van der Waals surface area (Å²) in [5.74, 6) is 0.266. The lowest BCUT2D eigenvalue weighted by atomic mass is 10.0. The van der Waals surface area contributed by atoms with Crippen LogP contribution in [-0.4, -0.2) is 58.9 Å². The van der Waals surface area contributed by atoms with E-state index in [-0.39, 0.29) is 29.5 Å². The van der Waals surface area contributed by atoms with Crippen molar-refractivity contribution in [3.8, 4) is 11.5 Å². The van der Waals surface area contributed by atoms with Crippen LogP contribution in [0, 0.1) is 19.8 Å². The fourth-order valence-electron chi connectivity index (χ4n) is 4.08. The summed E-state index contributed by atoms with van der Waals surface area (Å²) < 4.78 is 32.4. The fraction of sp³-hybridized carbons (Fsp3) is 0.407. The van der Waals surface area contributed by atoms with Gasteiger partial charge in [-0.2, -0.15) is 0 Å². The number of carboxylic acid groups (broad SMARTS) is 1. The Labute approximate surface area is 232 Å². The number of aromatic nitrogens is 1. The molecule has 1 unspecified atom stereocenters. The third-order valence-corrected chi connectivity index (χ3v) is 9.28. The topological polar surface area (TPSA) is 158 Å². The molecule has 39 heavy (non-hydrogen) atoms. The van der Waals surface area contributed by atoms with E-state index < -0.39 is 33.5 Å². The Bertz CT molecular complexity index is 1360. The van der Waals surface area contributed by atoms with Crippen molar-refractivity contribution < 1.29 is 33.3 Å². The van der Waals surface area contributed by atoms with Gasteiger partial charge in [-0.25, -0.2) is 18.2 Å². The van der Waals surface area contributed by atoms with Crippen molar-refractivity contribution in [2.75, 3.05) is 6.54 Å². The van der Waals surface area contributed by atoms with Gasteiger partial charge < -0.3 is 25.4 Å². The number of rotatable bonds is 13. The molecule has 0 aliphatic rings. The van der Waals surface area contributed by atoms with E-state index >= 15 is 0 Å². The van der Waals surface area contributed by atoms with Crippen molar-refractivity contribution in [2.24, 2.45) is 5.92 Å². The third kappa shape index (κ3) is 8.40. The highest BCUT2D eigenvalue weighted by Gasteiger charge is 2.32. The van der Waals surface area contributed by atoms with Gasteiger partial charge in [0.25, 0.3) is 0 Å². The lowest BCUT2D eigenvalue weighted by Gasteiger charge is -2.28. The number of phenolic OH excluding ortho intramolecular Hbond substituents is 1. The van der Waals surface area contributed by atoms with E-state index in [1.54, 1.807) is 56.4 Å². The number of hydrogen-bond acceptors (Lipinski definition) is 9. The molecule has 1 amide bonds. The summed E-state index contributed by atoms with van der Waals surface area (Å²) in [7, 11) is -3.86. The summed E-state index contributed by atoms with van der Waals surface area (Å²) in [6.45, 7) is 7.17. The Morgan fingerprint density at radius 2 is 1.82 bits per heavy atom. The number of nitrogens with one attached hydrogen (secondary N) is 2. The van der Waals surface area contributed by atoms with Crippen LogP contribution in [0.3, 0.4) is 0 Å². The lowest BCUT2D eigenvalue weighted by molar-refractivity contribution is 0.116. The maximum Gasteiger partial charge on any atom is 0.404 e. The Kier molecular flexibility index (Phi) is 10.3. The molecule has 3 atom stereocenters. The number of hydrogen-bond donors (Lipinski definition) is 5. The number of sulfone groups is 1. The Balaban J connectivity index is 1.66. The van der Waals surface area contributed by atoms with Crippen LogP contribution in [0.1, 0.15) is 35.7 Å². The van der Waals surface area contributed by atoms with E-state index in [1.807, 2.05) is 12.3 Å². The second-order valence-corrected chi connectivity index (χ2v) is 12.8. The number of aliphatic hydroxyl groups excluding tert-OH is 1. The van der Waals surface area contributed by atoms with Crippen LogP contribution in [0.2, 0.25) is 0 Å². The number of benzene rings is 2. The molecule has 3 aromatic rings. The first-order valence-electron chi connectivity index (χ1n) is 12.4. The van der Waals surface area contributed by atoms with Crippen molar-refractivity contribution >= 4 is 27.3 Å². The molecule has 2 aromatic carbocycles. The van der Waals surface area contributed by atoms with Gasteiger partial charge in [-0.3, -0.25) is 5.32 Å². The summed E-state index contributed by atoms with van der Waals surface area (Å²) >= 11 is 1.55. The van der Waals surface area contributed by atoms with E-state index in [0.29, 0.717) is 17.9 Å². The van der Waals surface area contributed by atoms with Crippen LogP contribution >= 0.6 is 11.3 Å². The Morgan fingerprint density at radius 3 is 2.38 bits per heavy atom. The average molecular weight is 578 g/mol. The van der Waals surface area contributed by atoms with E-state index in [1.165, 1.54) is 18.2 Å². The lowest BCUT2D eigenvalue weighted by Crippen LogP contribution is -2.51. The average Bonchev–Trinajstić information content (AvgIpc) is 3.29. The standard InChI is InChI=1S/C27H35N3O7S2/c1-16(2)26(39(35,36)22-9-10-24(31)17(3)11-22)28-13-25(32)23(30-27(33)34)12-19-5-7-21(8-6-19)37-14-20-15-38-18(4)29-20/h5-11,15-16,23,25-26,28,30-32H,12-14H2,1-4H3,(H,33,34)/t23-,25+,26?/m0/s1. The SMILES string of the molecule is Cc1nc(COc2ccc(C[C@H](NC(=O)O)[C@H](O)CNC(C(C)C)S(=O)(=O)c3ccc(O)c(C)c3)cc2)cs1. The second kappa shape index (κ2) is 13.2. The quantitative estimate of drug-likeness (QED) is 0.205. The number of thiazole rings is 1. The molecule has 0 spiro atoms. The molecule has 3 rings (SSSR count). The first-order valence-corrected chi connectivity index (χ1v) is 14.9. The minimum Gasteiger partial charge on any atom is -0.508 e. The number of phenols is 1. The molecule has 0 radical (unpaired) electrons.